The van der Waals surface area contributed by atoms with E-state index in [0.29, 0.717) is 13.1 Å². The van der Waals surface area contributed by atoms with Gasteiger partial charge in [-0.3, -0.25) is 0 Å². The molecule has 1 aromatic rings. The van der Waals surface area contributed by atoms with Crippen molar-refractivity contribution in [2.75, 3.05) is 18.0 Å². The second-order valence-electron chi connectivity index (χ2n) is 4.21. The van der Waals surface area contributed by atoms with Gasteiger partial charge in [0.25, 0.3) is 0 Å². The van der Waals surface area contributed by atoms with Crippen LogP contribution in [0.1, 0.15) is 19.3 Å². The zero-order chi connectivity index (χ0) is 13.2. The van der Waals surface area contributed by atoms with Crippen molar-refractivity contribution in [2.24, 2.45) is 0 Å². The van der Waals surface area contributed by atoms with E-state index < -0.39 is 12.2 Å². The van der Waals surface area contributed by atoms with Gasteiger partial charge in [0, 0.05) is 19.2 Å². The van der Waals surface area contributed by atoms with E-state index in [1.165, 1.54) is 0 Å². The quantitative estimate of drug-likeness (QED) is 0.754. The Morgan fingerprint density at radius 1 is 1.06 bits per heavy atom. The third-order valence-electron chi connectivity index (χ3n) is 2.85. The molecular formula is C12H13F4NO. The zero-order valence-corrected chi connectivity index (χ0v) is 9.63. The molecule has 1 aromatic carbocycles. The molecular weight excluding hydrogens is 250 g/mol. The summed E-state index contributed by atoms with van der Waals surface area (Å²) >= 11 is 0. The molecule has 0 radical (unpaired) electrons. The van der Waals surface area contributed by atoms with Crippen molar-refractivity contribution in [1.82, 2.24) is 0 Å². The molecule has 0 aromatic heterocycles. The smallest absolute Gasteiger partial charge is 0.406 e. The summed E-state index contributed by atoms with van der Waals surface area (Å²) in [6.45, 7) is 1.32. The van der Waals surface area contributed by atoms with Crippen molar-refractivity contribution in [2.45, 2.75) is 25.6 Å². The van der Waals surface area contributed by atoms with Crippen LogP contribution in [0, 0.1) is 5.82 Å². The lowest BCUT2D eigenvalue weighted by Gasteiger charge is -2.29. The Morgan fingerprint density at radius 3 is 2.33 bits per heavy atom. The number of benzene rings is 1. The van der Waals surface area contributed by atoms with E-state index in [9.17, 15) is 17.6 Å². The van der Waals surface area contributed by atoms with Gasteiger partial charge in [0.1, 0.15) is 11.6 Å². The highest BCUT2D eigenvalue weighted by atomic mass is 19.4. The number of anilines is 1. The molecule has 0 N–H and O–H groups in total. The lowest BCUT2D eigenvalue weighted by molar-refractivity contribution is -0.274. The number of ether oxygens (including phenoxy) is 1. The Balaban J connectivity index is 2.20. The van der Waals surface area contributed by atoms with Crippen LogP contribution < -0.4 is 9.64 Å². The largest absolute Gasteiger partial charge is 0.573 e. The van der Waals surface area contributed by atoms with Gasteiger partial charge in [-0.05, 0) is 31.4 Å². The van der Waals surface area contributed by atoms with Crippen molar-refractivity contribution < 1.29 is 22.3 Å². The maximum Gasteiger partial charge on any atom is 0.573 e. The summed E-state index contributed by atoms with van der Waals surface area (Å²) in [4.78, 5) is 1.75. The normalized spacial score (nSPS) is 16.8. The lowest BCUT2D eigenvalue weighted by atomic mass is 10.1. The van der Waals surface area contributed by atoms with E-state index in [-0.39, 0.29) is 11.4 Å². The Hall–Kier alpha value is -1.46. The first-order valence-corrected chi connectivity index (χ1v) is 5.76. The SMILES string of the molecule is Fc1ccc(OC(F)(F)F)cc1N1CCCCC1. The Morgan fingerprint density at radius 2 is 1.72 bits per heavy atom. The minimum atomic E-state index is -4.75. The van der Waals surface area contributed by atoms with Gasteiger partial charge in [-0.15, -0.1) is 13.2 Å². The van der Waals surface area contributed by atoms with Gasteiger partial charge in [0.2, 0.25) is 0 Å². The number of nitrogens with zero attached hydrogens (tertiary/aromatic N) is 1. The van der Waals surface area contributed by atoms with E-state index in [4.69, 9.17) is 0 Å². The first kappa shape index (κ1) is 13.0. The summed E-state index contributed by atoms with van der Waals surface area (Å²) < 4.78 is 53.7. The Bertz CT molecular complexity index is 413. The molecule has 1 fully saturated rings. The van der Waals surface area contributed by atoms with Crippen molar-refractivity contribution in [1.29, 1.82) is 0 Å². The second kappa shape index (κ2) is 5.04. The molecule has 0 saturated carbocycles. The summed E-state index contributed by atoms with van der Waals surface area (Å²) in [5.74, 6) is -0.907. The van der Waals surface area contributed by atoms with E-state index in [0.717, 1.165) is 37.5 Å². The minimum Gasteiger partial charge on any atom is -0.406 e. The average molecular weight is 263 g/mol. The van der Waals surface area contributed by atoms with Crippen LogP contribution >= 0.6 is 0 Å². The van der Waals surface area contributed by atoms with Crippen molar-refractivity contribution in [3.63, 3.8) is 0 Å². The van der Waals surface area contributed by atoms with Crippen LogP contribution in [0.4, 0.5) is 23.2 Å². The van der Waals surface area contributed by atoms with E-state index in [1.807, 2.05) is 0 Å². The highest BCUT2D eigenvalue weighted by molar-refractivity contribution is 5.52. The molecule has 100 valence electrons. The fourth-order valence-corrected chi connectivity index (χ4v) is 2.07. The number of piperidine rings is 1. The monoisotopic (exact) mass is 263 g/mol. The molecule has 6 heteroatoms. The number of hydrogen-bond acceptors (Lipinski definition) is 2. The lowest BCUT2D eigenvalue weighted by Crippen LogP contribution is -2.30. The molecule has 2 rings (SSSR count). The molecule has 0 spiro atoms. The Labute approximate surface area is 102 Å². The average Bonchev–Trinajstić information content (AvgIpc) is 2.31. The first-order chi connectivity index (χ1) is 8.46. The molecule has 0 amide bonds. The molecule has 0 aliphatic carbocycles. The molecule has 0 bridgehead atoms. The van der Waals surface area contributed by atoms with Gasteiger partial charge in [0.05, 0.1) is 5.69 Å². The molecule has 1 saturated heterocycles. The minimum absolute atomic E-state index is 0.177. The van der Waals surface area contributed by atoms with Crippen molar-refractivity contribution in [3.8, 4) is 5.75 Å². The summed E-state index contributed by atoms with van der Waals surface area (Å²) in [6, 6.07) is 3.09. The molecule has 0 unspecified atom stereocenters. The molecule has 2 nitrogen and oxygen atoms in total. The van der Waals surface area contributed by atoms with E-state index in [2.05, 4.69) is 4.74 Å². The fourth-order valence-electron chi connectivity index (χ4n) is 2.07. The highest BCUT2D eigenvalue weighted by Gasteiger charge is 2.31. The van der Waals surface area contributed by atoms with Crippen LogP contribution in [0.5, 0.6) is 5.75 Å². The molecule has 0 atom stereocenters. The standard InChI is InChI=1S/C12H13F4NO/c13-10-5-4-9(18-12(14,15)16)8-11(10)17-6-2-1-3-7-17/h4-5,8H,1-3,6-7H2. The molecule has 1 aliphatic heterocycles. The number of halogens is 4. The number of rotatable bonds is 2. The maximum absolute atomic E-state index is 13.6. The summed E-state index contributed by atoms with van der Waals surface area (Å²) in [7, 11) is 0. The Kier molecular flexibility index (Phi) is 3.63. The van der Waals surface area contributed by atoms with Crippen LogP contribution in [0.15, 0.2) is 18.2 Å². The molecule has 1 heterocycles. The summed E-state index contributed by atoms with van der Waals surface area (Å²) in [6.07, 6.45) is -1.85. The highest BCUT2D eigenvalue weighted by Crippen LogP contribution is 2.30. The first-order valence-electron chi connectivity index (χ1n) is 5.76. The van der Waals surface area contributed by atoms with Gasteiger partial charge in [-0.1, -0.05) is 0 Å². The fraction of sp³-hybridized carbons (Fsp3) is 0.500. The maximum atomic E-state index is 13.6. The number of alkyl halides is 3. The topological polar surface area (TPSA) is 12.5 Å². The molecule has 18 heavy (non-hydrogen) atoms. The third kappa shape index (κ3) is 3.27. The van der Waals surface area contributed by atoms with Crippen LogP contribution in [0.3, 0.4) is 0 Å². The summed E-state index contributed by atoms with van der Waals surface area (Å²) in [5, 5.41) is 0. The van der Waals surface area contributed by atoms with Crippen LogP contribution in [0.2, 0.25) is 0 Å². The van der Waals surface area contributed by atoms with Crippen molar-refractivity contribution in [3.05, 3.63) is 24.0 Å². The van der Waals surface area contributed by atoms with Gasteiger partial charge in [-0.25, -0.2) is 4.39 Å². The van der Waals surface area contributed by atoms with E-state index >= 15 is 0 Å². The summed E-state index contributed by atoms with van der Waals surface area (Å²) in [5.41, 5.74) is 0.177. The van der Waals surface area contributed by atoms with Gasteiger partial charge < -0.3 is 9.64 Å². The number of hydrogen-bond donors (Lipinski definition) is 0. The van der Waals surface area contributed by atoms with Gasteiger partial charge >= 0.3 is 6.36 Å². The predicted molar refractivity (Wildman–Crippen MR) is 59.1 cm³/mol. The van der Waals surface area contributed by atoms with Crippen LogP contribution in [-0.2, 0) is 0 Å². The van der Waals surface area contributed by atoms with Gasteiger partial charge in [0.15, 0.2) is 0 Å². The van der Waals surface area contributed by atoms with E-state index in [1.54, 1.807) is 4.90 Å². The second-order valence-corrected chi connectivity index (χ2v) is 4.21. The van der Waals surface area contributed by atoms with Crippen LogP contribution in [0.25, 0.3) is 0 Å². The van der Waals surface area contributed by atoms with Crippen LogP contribution in [-0.4, -0.2) is 19.5 Å². The van der Waals surface area contributed by atoms with Crippen molar-refractivity contribution >= 4 is 5.69 Å². The predicted octanol–water partition coefficient (Wildman–Crippen LogP) is 3.71. The third-order valence-corrected chi connectivity index (χ3v) is 2.85. The van der Waals surface area contributed by atoms with Gasteiger partial charge in [-0.2, -0.15) is 0 Å². The molecule has 1 aliphatic rings. The zero-order valence-electron chi connectivity index (χ0n) is 9.63.